The lowest BCUT2D eigenvalue weighted by Gasteiger charge is -2.13. The third kappa shape index (κ3) is 3.67. The molecule has 3 aromatic rings. The maximum Gasteiger partial charge on any atom is 0.0954 e. The van der Waals surface area contributed by atoms with Gasteiger partial charge in [-0.3, -0.25) is 4.98 Å². The van der Waals surface area contributed by atoms with Crippen molar-refractivity contribution in [3.8, 4) is 0 Å². The molecule has 0 spiro atoms. The van der Waals surface area contributed by atoms with E-state index in [9.17, 15) is 0 Å². The smallest absolute Gasteiger partial charge is 0.0954 e. The second-order valence-corrected chi connectivity index (χ2v) is 6.81. The van der Waals surface area contributed by atoms with Gasteiger partial charge in [0.2, 0.25) is 0 Å². The van der Waals surface area contributed by atoms with Crippen molar-refractivity contribution in [3.05, 3.63) is 108 Å². The summed E-state index contributed by atoms with van der Waals surface area (Å²) in [7, 11) is 0. The Labute approximate surface area is 154 Å². The topological polar surface area (TPSA) is 30.7 Å². The summed E-state index contributed by atoms with van der Waals surface area (Å²) in [5.41, 5.74) is 6.01. The van der Waals surface area contributed by atoms with Gasteiger partial charge in [0.25, 0.3) is 0 Å². The SMILES string of the molecule is Cc1ncn(Cc2ccc(C3C=CC=CC3)nc2)c1Cc1ccccc1. The van der Waals surface area contributed by atoms with Crippen LogP contribution in [0.1, 0.15) is 40.5 Å². The summed E-state index contributed by atoms with van der Waals surface area (Å²) in [6.07, 6.45) is 14.5. The van der Waals surface area contributed by atoms with E-state index in [2.05, 4.69) is 83.2 Å². The van der Waals surface area contributed by atoms with Gasteiger partial charge in [-0.05, 0) is 30.5 Å². The molecule has 1 atom stereocenters. The van der Waals surface area contributed by atoms with Crippen LogP contribution in [0.4, 0.5) is 0 Å². The summed E-state index contributed by atoms with van der Waals surface area (Å²) in [6.45, 7) is 2.88. The number of hydrogen-bond donors (Lipinski definition) is 0. The molecule has 0 radical (unpaired) electrons. The van der Waals surface area contributed by atoms with Crippen molar-refractivity contribution in [2.24, 2.45) is 0 Å². The minimum Gasteiger partial charge on any atom is -0.330 e. The molecule has 1 aromatic carbocycles. The molecule has 3 nitrogen and oxygen atoms in total. The van der Waals surface area contributed by atoms with Crippen molar-refractivity contribution in [1.29, 1.82) is 0 Å². The van der Waals surface area contributed by atoms with Gasteiger partial charge in [0.1, 0.15) is 0 Å². The van der Waals surface area contributed by atoms with Gasteiger partial charge in [-0.25, -0.2) is 4.98 Å². The molecule has 26 heavy (non-hydrogen) atoms. The number of hydrogen-bond acceptors (Lipinski definition) is 2. The lowest BCUT2D eigenvalue weighted by molar-refractivity contribution is 0.743. The molecule has 0 N–H and O–H groups in total. The number of aryl methyl sites for hydroxylation is 1. The van der Waals surface area contributed by atoms with Gasteiger partial charge in [-0.1, -0.05) is 60.7 Å². The van der Waals surface area contributed by atoms with Crippen molar-refractivity contribution in [2.45, 2.75) is 32.2 Å². The van der Waals surface area contributed by atoms with Gasteiger partial charge in [0.15, 0.2) is 0 Å². The van der Waals surface area contributed by atoms with Crippen LogP contribution in [-0.4, -0.2) is 14.5 Å². The molecule has 0 saturated carbocycles. The number of benzene rings is 1. The Kier molecular flexibility index (Phi) is 4.78. The monoisotopic (exact) mass is 341 g/mol. The van der Waals surface area contributed by atoms with Crippen molar-refractivity contribution in [3.63, 3.8) is 0 Å². The average molecular weight is 341 g/mol. The van der Waals surface area contributed by atoms with Gasteiger partial charge in [0, 0.05) is 29.9 Å². The van der Waals surface area contributed by atoms with Crippen molar-refractivity contribution in [2.75, 3.05) is 0 Å². The highest BCUT2D eigenvalue weighted by atomic mass is 15.1. The molecule has 1 aliphatic rings. The second kappa shape index (κ2) is 7.52. The average Bonchev–Trinajstić information content (AvgIpc) is 3.03. The second-order valence-electron chi connectivity index (χ2n) is 6.81. The van der Waals surface area contributed by atoms with Gasteiger partial charge in [-0.15, -0.1) is 0 Å². The number of aromatic nitrogens is 3. The van der Waals surface area contributed by atoms with Crippen LogP contribution in [0.5, 0.6) is 0 Å². The van der Waals surface area contributed by atoms with E-state index >= 15 is 0 Å². The van der Waals surface area contributed by atoms with E-state index in [4.69, 9.17) is 4.98 Å². The minimum absolute atomic E-state index is 0.401. The molecule has 0 fully saturated rings. The van der Waals surface area contributed by atoms with E-state index in [1.54, 1.807) is 0 Å². The summed E-state index contributed by atoms with van der Waals surface area (Å²) in [4.78, 5) is 9.23. The summed E-state index contributed by atoms with van der Waals surface area (Å²) >= 11 is 0. The Morgan fingerprint density at radius 1 is 1.00 bits per heavy atom. The Morgan fingerprint density at radius 3 is 2.62 bits per heavy atom. The third-order valence-corrected chi connectivity index (χ3v) is 4.93. The van der Waals surface area contributed by atoms with Gasteiger partial charge in [0.05, 0.1) is 18.6 Å². The zero-order chi connectivity index (χ0) is 17.8. The first-order valence-electron chi connectivity index (χ1n) is 9.12. The molecule has 0 aliphatic heterocycles. The van der Waals surface area contributed by atoms with Crippen molar-refractivity contribution >= 4 is 0 Å². The number of imidazole rings is 1. The maximum atomic E-state index is 4.70. The van der Waals surface area contributed by atoms with Crippen molar-refractivity contribution < 1.29 is 0 Å². The Hall–Kier alpha value is -2.94. The summed E-state index contributed by atoms with van der Waals surface area (Å²) in [6, 6.07) is 14.9. The van der Waals surface area contributed by atoms with Crippen molar-refractivity contribution in [1.82, 2.24) is 14.5 Å². The van der Waals surface area contributed by atoms with Crippen LogP contribution >= 0.6 is 0 Å². The largest absolute Gasteiger partial charge is 0.330 e. The number of rotatable bonds is 5. The van der Waals surface area contributed by atoms with Gasteiger partial charge in [-0.2, -0.15) is 0 Å². The van der Waals surface area contributed by atoms with E-state index in [1.807, 2.05) is 12.5 Å². The molecule has 4 rings (SSSR count). The highest BCUT2D eigenvalue weighted by molar-refractivity contribution is 5.27. The molecule has 3 heteroatoms. The molecule has 2 aromatic heterocycles. The lowest BCUT2D eigenvalue weighted by atomic mass is 9.96. The minimum atomic E-state index is 0.401. The summed E-state index contributed by atoms with van der Waals surface area (Å²) in [5, 5.41) is 0. The van der Waals surface area contributed by atoms with Crippen LogP contribution in [0.3, 0.4) is 0 Å². The van der Waals surface area contributed by atoms with Crippen LogP contribution in [0.15, 0.2) is 79.3 Å². The predicted molar refractivity (Wildman–Crippen MR) is 105 cm³/mol. The first-order valence-corrected chi connectivity index (χ1v) is 9.12. The van der Waals surface area contributed by atoms with Crippen LogP contribution in [0.2, 0.25) is 0 Å². The van der Waals surface area contributed by atoms with Gasteiger partial charge >= 0.3 is 0 Å². The fraction of sp³-hybridized carbons (Fsp3) is 0.217. The first-order chi connectivity index (χ1) is 12.8. The van der Waals surface area contributed by atoms with E-state index in [1.165, 1.54) is 16.8 Å². The molecule has 0 bridgehead atoms. The van der Waals surface area contributed by atoms with E-state index in [0.717, 1.165) is 30.8 Å². The quantitative estimate of drug-likeness (QED) is 0.666. The van der Waals surface area contributed by atoms with Crippen LogP contribution in [0.25, 0.3) is 0 Å². The van der Waals surface area contributed by atoms with Crippen LogP contribution in [-0.2, 0) is 13.0 Å². The summed E-state index contributed by atoms with van der Waals surface area (Å²) in [5.74, 6) is 0.401. The first kappa shape index (κ1) is 16.5. The molecular weight excluding hydrogens is 318 g/mol. The van der Waals surface area contributed by atoms with E-state index in [0.29, 0.717) is 5.92 Å². The molecular formula is C23H23N3. The highest BCUT2D eigenvalue weighted by Gasteiger charge is 2.11. The Balaban J connectivity index is 1.51. The fourth-order valence-corrected chi connectivity index (χ4v) is 3.41. The number of pyridine rings is 1. The lowest BCUT2D eigenvalue weighted by Crippen LogP contribution is -2.06. The normalized spacial score (nSPS) is 16.1. The van der Waals surface area contributed by atoms with E-state index < -0.39 is 0 Å². The zero-order valence-electron chi connectivity index (χ0n) is 15.0. The van der Waals surface area contributed by atoms with Gasteiger partial charge < -0.3 is 4.57 Å². The third-order valence-electron chi connectivity index (χ3n) is 4.93. The molecule has 1 unspecified atom stereocenters. The molecule has 2 heterocycles. The number of allylic oxidation sites excluding steroid dienone is 4. The zero-order valence-corrected chi connectivity index (χ0v) is 15.0. The Bertz CT molecular complexity index is 918. The Morgan fingerprint density at radius 2 is 1.88 bits per heavy atom. The number of nitrogens with zero attached hydrogens (tertiary/aromatic N) is 3. The molecule has 1 aliphatic carbocycles. The molecule has 130 valence electrons. The summed E-state index contributed by atoms with van der Waals surface area (Å²) < 4.78 is 2.24. The predicted octanol–water partition coefficient (Wildman–Crippen LogP) is 4.83. The standard InChI is InChI=1S/C23H23N3/c1-18-23(14-19-8-4-2-5-9-19)26(17-25-18)16-20-12-13-22(24-15-20)21-10-6-3-7-11-21/h2-10,12-13,15,17,21H,11,14,16H2,1H3. The van der Waals surface area contributed by atoms with E-state index in [-0.39, 0.29) is 0 Å². The highest BCUT2D eigenvalue weighted by Crippen LogP contribution is 2.23. The maximum absolute atomic E-state index is 4.70. The van der Waals surface area contributed by atoms with Crippen LogP contribution in [0, 0.1) is 6.92 Å². The van der Waals surface area contributed by atoms with Crippen LogP contribution < -0.4 is 0 Å². The molecule has 0 amide bonds. The fourth-order valence-electron chi connectivity index (χ4n) is 3.41. The molecule has 0 saturated heterocycles.